The number of rotatable bonds is 7. The van der Waals surface area contributed by atoms with Crippen molar-refractivity contribution >= 4 is 11.9 Å². The predicted molar refractivity (Wildman–Crippen MR) is 47.5 cm³/mol. The highest BCUT2D eigenvalue weighted by molar-refractivity contribution is 5.81. The Balaban J connectivity index is 3.55. The van der Waals surface area contributed by atoms with Crippen molar-refractivity contribution < 1.29 is 24.5 Å². The van der Waals surface area contributed by atoms with Crippen molar-refractivity contribution in [3.63, 3.8) is 0 Å². The van der Waals surface area contributed by atoms with E-state index in [4.69, 9.17) is 14.9 Å². The van der Waals surface area contributed by atoms with Gasteiger partial charge in [-0.05, 0) is 6.42 Å². The molecule has 0 saturated heterocycles. The zero-order chi connectivity index (χ0) is 11.0. The van der Waals surface area contributed by atoms with E-state index in [1.165, 1.54) is 0 Å². The third-order valence-electron chi connectivity index (χ3n) is 1.31. The number of aliphatic hydroxyl groups is 1. The van der Waals surface area contributed by atoms with E-state index in [-0.39, 0.29) is 6.42 Å². The second kappa shape index (κ2) is 7.28. The molecular formula is C8H15NO5. The van der Waals surface area contributed by atoms with Crippen LogP contribution in [0.25, 0.3) is 0 Å². The van der Waals surface area contributed by atoms with Gasteiger partial charge >= 0.3 is 5.97 Å². The van der Waals surface area contributed by atoms with Crippen LogP contribution in [0.15, 0.2) is 0 Å². The zero-order valence-electron chi connectivity index (χ0n) is 8.02. The lowest BCUT2D eigenvalue weighted by molar-refractivity contribution is -0.143. The number of amides is 1. The number of carbonyl (C=O) groups excluding carboxylic acids is 1. The van der Waals surface area contributed by atoms with Crippen molar-refractivity contribution in [2.45, 2.75) is 26.1 Å². The van der Waals surface area contributed by atoms with Crippen molar-refractivity contribution in [3.05, 3.63) is 0 Å². The fourth-order valence-corrected chi connectivity index (χ4v) is 0.718. The van der Waals surface area contributed by atoms with Gasteiger partial charge in [0.15, 0.2) is 6.29 Å². The van der Waals surface area contributed by atoms with E-state index >= 15 is 0 Å². The van der Waals surface area contributed by atoms with Crippen LogP contribution in [0, 0.1) is 0 Å². The summed E-state index contributed by atoms with van der Waals surface area (Å²) in [5.74, 6) is -1.67. The highest BCUT2D eigenvalue weighted by atomic mass is 16.6. The molecule has 14 heavy (non-hydrogen) atoms. The van der Waals surface area contributed by atoms with E-state index in [2.05, 4.69) is 5.32 Å². The molecule has 0 aromatic heterocycles. The molecule has 0 fully saturated rings. The molecule has 0 saturated carbocycles. The molecule has 0 radical (unpaired) electrons. The summed E-state index contributed by atoms with van der Waals surface area (Å²) >= 11 is 0. The van der Waals surface area contributed by atoms with Crippen LogP contribution >= 0.6 is 0 Å². The summed E-state index contributed by atoms with van der Waals surface area (Å²) in [7, 11) is 0. The quantitative estimate of drug-likeness (QED) is 0.479. The number of ether oxygens (including phenoxy) is 1. The van der Waals surface area contributed by atoms with Gasteiger partial charge < -0.3 is 20.3 Å². The minimum Gasteiger partial charge on any atom is -0.480 e. The van der Waals surface area contributed by atoms with E-state index < -0.39 is 24.7 Å². The van der Waals surface area contributed by atoms with Gasteiger partial charge in [-0.1, -0.05) is 6.92 Å². The van der Waals surface area contributed by atoms with Gasteiger partial charge in [-0.15, -0.1) is 0 Å². The van der Waals surface area contributed by atoms with Crippen molar-refractivity contribution in [2.24, 2.45) is 0 Å². The molecule has 0 spiro atoms. The first-order valence-corrected chi connectivity index (χ1v) is 4.34. The lowest BCUT2D eigenvalue weighted by Gasteiger charge is -2.10. The highest BCUT2D eigenvalue weighted by Crippen LogP contribution is 1.94. The number of hydrogen-bond donors (Lipinski definition) is 3. The molecule has 0 bridgehead atoms. The van der Waals surface area contributed by atoms with Crippen molar-refractivity contribution in [3.8, 4) is 0 Å². The molecule has 0 aliphatic rings. The van der Waals surface area contributed by atoms with E-state index in [1.54, 1.807) is 0 Å². The van der Waals surface area contributed by atoms with E-state index in [9.17, 15) is 9.59 Å². The number of aliphatic hydroxyl groups excluding tert-OH is 1. The Kier molecular flexibility index (Phi) is 6.69. The summed E-state index contributed by atoms with van der Waals surface area (Å²) < 4.78 is 4.82. The summed E-state index contributed by atoms with van der Waals surface area (Å²) in [4.78, 5) is 21.0. The molecule has 0 aromatic rings. The molecule has 6 heteroatoms. The highest BCUT2D eigenvalue weighted by Gasteiger charge is 2.11. The number of nitrogens with one attached hydrogen (secondary N) is 1. The first-order chi connectivity index (χ1) is 6.56. The smallest absolute Gasteiger partial charge is 0.322 e. The van der Waals surface area contributed by atoms with E-state index in [0.29, 0.717) is 6.61 Å². The number of carboxylic acids is 1. The van der Waals surface area contributed by atoms with Gasteiger partial charge in [0.1, 0.15) is 6.54 Å². The van der Waals surface area contributed by atoms with Crippen LogP contribution in [0.1, 0.15) is 19.8 Å². The van der Waals surface area contributed by atoms with Crippen molar-refractivity contribution in [1.29, 1.82) is 0 Å². The van der Waals surface area contributed by atoms with Crippen LogP contribution in [0.4, 0.5) is 0 Å². The van der Waals surface area contributed by atoms with Crippen LogP contribution in [-0.2, 0) is 14.3 Å². The summed E-state index contributed by atoms with van der Waals surface area (Å²) in [6.07, 6.45) is -0.662. The van der Waals surface area contributed by atoms with Crippen LogP contribution < -0.4 is 5.32 Å². The molecule has 1 atom stereocenters. The summed E-state index contributed by atoms with van der Waals surface area (Å²) in [6.45, 7) is 1.80. The third-order valence-corrected chi connectivity index (χ3v) is 1.31. The molecule has 82 valence electrons. The largest absolute Gasteiger partial charge is 0.480 e. The number of carbonyl (C=O) groups is 2. The average molecular weight is 205 g/mol. The summed E-state index contributed by atoms with van der Waals surface area (Å²) in [5.41, 5.74) is 0. The molecule has 3 N–H and O–H groups in total. The van der Waals surface area contributed by atoms with Gasteiger partial charge in [0, 0.05) is 6.61 Å². The summed E-state index contributed by atoms with van der Waals surface area (Å²) in [5, 5.41) is 19.4. The Morgan fingerprint density at radius 2 is 2.14 bits per heavy atom. The van der Waals surface area contributed by atoms with Gasteiger partial charge in [0.2, 0.25) is 5.91 Å². The zero-order valence-corrected chi connectivity index (χ0v) is 8.02. The van der Waals surface area contributed by atoms with E-state index in [1.807, 2.05) is 6.92 Å². The van der Waals surface area contributed by atoms with Gasteiger partial charge in [-0.2, -0.15) is 0 Å². The maximum absolute atomic E-state index is 10.9. The minimum absolute atomic E-state index is 0.243. The molecule has 0 heterocycles. The van der Waals surface area contributed by atoms with Gasteiger partial charge in [0.25, 0.3) is 0 Å². The molecule has 6 nitrogen and oxygen atoms in total. The standard InChI is InChI=1S/C8H15NO5/c1-2-3-14-8(13)4-6(10)9-5-7(11)12/h8,13H,2-5H2,1H3,(H,9,10)(H,11,12). The Morgan fingerprint density at radius 3 is 2.64 bits per heavy atom. The Labute approximate surface area is 81.9 Å². The number of aliphatic carboxylic acids is 1. The first-order valence-electron chi connectivity index (χ1n) is 4.34. The van der Waals surface area contributed by atoms with Gasteiger partial charge in [0.05, 0.1) is 6.42 Å². The Morgan fingerprint density at radius 1 is 1.50 bits per heavy atom. The maximum Gasteiger partial charge on any atom is 0.322 e. The lowest BCUT2D eigenvalue weighted by atomic mass is 10.4. The maximum atomic E-state index is 10.9. The van der Waals surface area contributed by atoms with Gasteiger partial charge in [-0.25, -0.2) is 0 Å². The van der Waals surface area contributed by atoms with Crippen LogP contribution in [0.5, 0.6) is 0 Å². The topological polar surface area (TPSA) is 95.9 Å². The van der Waals surface area contributed by atoms with Crippen molar-refractivity contribution in [1.82, 2.24) is 5.32 Å². The lowest BCUT2D eigenvalue weighted by Crippen LogP contribution is -2.32. The monoisotopic (exact) mass is 205 g/mol. The molecule has 1 amide bonds. The second-order valence-corrected chi connectivity index (χ2v) is 2.70. The number of carboxylic acid groups (broad SMARTS) is 1. The predicted octanol–water partition coefficient (Wildman–Crippen LogP) is -0.678. The second-order valence-electron chi connectivity index (χ2n) is 2.70. The first kappa shape index (κ1) is 12.9. The van der Waals surface area contributed by atoms with Gasteiger partial charge in [-0.3, -0.25) is 9.59 Å². The molecule has 0 aliphatic carbocycles. The average Bonchev–Trinajstić information content (AvgIpc) is 2.11. The Hall–Kier alpha value is -1.14. The van der Waals surface area contributed by atoms with Crippen molar-refractivity contribution in [2.75, 3.05) is 13.2 Å². The van der Waals surface area contributed by atoms with Crippen LogP contribution in [0.2, 0.25) is 0 Å². The molecule has 0 aromatic carbocycles. The Bertz CT molecular complexity index is 194. The van der Waals surface area contributed by atoms with Crippen LogP contribution in [0.3, 0.4) is 0 Å². The molecule has 1 unspecified atom stereocenters. The normalized spacial score (nSPS) is 12.1. The van der Waals surface area contributed by atoms with E-state index in [0.717, 1.165) is 6.42 Å². The fourth-order valence-electron chi connectivity index (χ4n) is 0.718. The van der Waals surface area contributed by atoms with Crippen LogP contribution in [-0.4, -0.2) is 41.5 Å². The summed E-state index contributed by atoms with van der Waals surface area (Å²) in [6, 6.07) is 0. The fraction of sp³-hybridized carbons (Fsp3) is 0.750. The molecular weight excluding hydrogens is 190 g/mol. The molecule has 0 rings (SSSR count). The minimum atomic E-state index is -1.16. The third kappa shape index (κ3) is 7.51. The molecule has 0 aliphatic heterocycles. The SMILES string of the molecule is CCCOC(O)CC(=O)NCC(=O)O. The number of hydrogen-bond acceptors (Lipinski definition) is 4.